The van der Waals surface area contributed by atoms with E-state index in [1.807, 2.05) is 0 Å². The van der Waals surface area contributed by atoms with Gasteiger partial charge >= 0.3 is 5.97 Å². The largest absolute Gasteiger partial charge is 0.494 e. The van der Waals surface area contributed by atoms with Crippen LogP contribution in [0.15, 0.2) is 18.2 Å². The molecule has 0 aliphatic carbocycles. The van der Waals surface area contributed by atoms with Crippen molar-refractivity contribution in [2.75, 3.05) is 14.2 Å². The first-order chi connectivity index (χ1) is 7.60. The molecule has 5 heteroatoms. The Balaban J connectivity index is 3.12. The van der Waals surface area contributed by atoms with Crippen LogP contribution in [0.5, 0.6) is 5.75 Å². The van der Waals surface area contributed by atoms with Gasteiger partial charge in [-0.2, -0.15) is 0 Å². The Morgan fingerprint density at radius 3 is 2.56 bits per heavy atom. The highest BCUT2D eigenvalue weighted by atomic mass is 19.1. The predicted octanol–water partition coefficient (Wildman–Crippen LogP) is 2.16. The summed E-state index contributed by atoms with van der Waals surface area (Å²) in [6.07, 6.45) is 1.93. The van der Waals surface area contributed by atoms with Crippen LogP contribution in [0, 0.1) is 11.6 Å². The van der Waals surface area contributed by atoms with E-state index in [0.29, 0.717) is 0 Å². The molecule has 0 N–H and O–H groups in total. The lowest BCUT2D eigenvalue weighted by atomic mass is 10.1. The Bertz CT molecular complexity index is 427. The SMILES string of the molecule is COC(=O)C=Cc1c(F)ccc(OC)c1F. The second kappa shape index (κ2) is 5.25. The average molecular weight is 228 g/mol. The summed E-state index contributed by atoms with van der Waals surface area (Å²) in [5.74, 6) is -2.42. The summed E-state index contributed by atoms with van der Waals surface area (Å²) in [7, 11) is 2.44. The van der Waals surface area contributed by atoms with E-state index in [0.717, 1.165) is 18.2 Å². The van der Waals surface area contributed by atoms with Crippen molar-refractivity contribution in [2.45, 2.75) is 0 Å². The maximum absolute atomic E-state index is 13.5. The number of rotatable bonds is 3. The highest BCUT2D eigenvalue weighted by Crippen LogP contribution is 2.23. The number of ether oxygens (including phenoxy) is 2. The normalized spacial score (nSPS) is 10.5. The number of carbonyl (C=O) groups is 1. The average Bonchev–Trinajstić information content (AvgIpc) is 2.28. The van der Waals surface area contributed by atoms with E-state index in [1.165, 1.54) is 20.3 Å². The van der Waals surface area contributed by atoms with Crippen LogP contribution in [0.2, 0.25) is 0 Å². The first-order valence-corrected chi connectivity index (χ1v) is 4.38. The van der Waals surface area contributed by atoms with E-state index in [4.69, 9.17) is 0 Å². The van der Waals surface area contributed by atoms with Gasteiger partial charge in [0.1, 0.15) is 5.82 Å². The zero-order valence-electron chi connectivity index (χ0n) is 8.79. The number of halogens is 2. The molecule has 86 valence electrons. The van der Waals surface area contributed by atoms with Crippen LogP contribution < -0.4 is 4.74 Å². The minimum atomic E-state index is -0.859. The van der Waals surface area contributed by atoms with Crippen LogP contribution in [0.4, 0.5) is 8.78 Å². The maximum atomic E-state index is 13.5. The van der Waals surface area contributed by atoms with Crippen molar-refractivity contribution < 1.29 is 23.0 Å². The molecule has 0 atom stereocenters. The van der Waals surface area contributed by atoms with Gasteiger partial charge in [0.05, 0.1) is 19.8 Å². The van der Waals surface area contributed by atoms with Crippen LogP contribution in [0.25, 0.3) is 6.08 Å². The van der Waals surface area contributed by atoms with Gasteiger partial charge in [-0.25, -0.2) is 13.6 Å². The molecule has 0 saturated carbocycles. The van der Waals surface area contributed by atoms with Gasteiger partial charge in [-0.1, -0.05) is 0 Å². The monoisotopic (exact) mass is 228 g/mol. The molecule has 0 heterocycles. The quantitative estimate of drug-likeness (QED) is 0.587. The Morgan fingerprint density at radius 2 is 2.00 bits per heavy atom. The van der Waals surface area contributed by atoms with Crippen LogP contribution in [0.3, 0.4) is 0 Å². The molecule has 0 saturated heterocycles. The fourth-order valence-electron chi connectivity index (χ4n) is 1.08. The Morgan fingerprint density at radius 1 is 1.31 bits per heavy atom. The molecule has 1 rings (SSSR count). The third kappa shape index (κ3) is 2.56. The third-order valence-corrected chi connectivity index (χ3v) is 1.90. The number of esters is 1. The summed E-state index contributed by atoms with van der Waals surface area (Å²) in [5.41, 5.74) is -0.343. The molecule has 0 unspecified atom stereocenters. The summed E-state index contributed by atoms with van der Waals surface area (Å²) < 4.78 is 35.7. The van der Waals surface area contributed by atoms with Crippen molar-refractivity contribution in [1.29, 1.82) is 0 Å². The lowest BCUT2D eigenvalue weighted by molar-refractivity contribution is -0.134. The molecule has 0 aromatic heterocycles. The zero-order chi connectivity index (χ0) is 12.1. The van der Waals surface area contributed by atoms with Gasteiger partial charge in [0, 0.05) is 6.08 Å². The summed E-state index contributed by atoms with van der Waals surface area (Å²) in [5, 5.41) is 0. The van der Waals surface area contributed by atoms with Crippen LogP contribution in [0.1, 0.15) is 5.56 Å². The predicted molar refractivity (Wildman–Crippen MR) is 54.0 cm³/mol. The molecule has 0 aliphatic heterocycles. The number of benzene rings is 1. The molecular formula is C11H10F2O3. The van der Waals surface area contributed by atoms with Gasteiger partial charge < -0.3 is 9.47 Å². The Hall–Kier alpha value is -1.91. The van der Waals surface area contributed by atoms with Crippen molar-refractivity contribution in [1.82, 2.24) is 0 Å². The summed E-state index contributed by atoms with van der Waals surface area (Å²) in [6.45, 7) is 0. The highest BCUT2D eigenvalue weighted by Gasteiger charge is 2.11. The van der Waals surface area contributed by atoms with Gasteiger partial charge in [-0.3, -0.25) is 0 Å². The molecule has 0 amide bonds. The van der Waals surface area contributed by atoms with E-state index < -0.39 is 17.6 Å². The van der Waals surface area contributed by atoms with Crippen LogP contribution in [-0.4, -0.2) is 20.2 Å². The topological polar surface area (TPSA) is 35.5 Å². The lowest BCUT2D eigenvalue weighted by Gasteiger charge is -2.04. The fourth-order valence-corrected chi connectivity index (χ4v) is 1.08. The van der Waals surface area contributed by atoms with E-state index in [1.54, 1.807) is 0 Å². The summed E-state index contributed by atoms with van der Waals surface area (Å²) >= 11 is 0. The second-order valence-corrected chi connectivity index (χ2v) is 2.83. The first-order valence-electron chi connectivity index (χ1n) is 4.38. The van der Waals surface area contributed by atoms with E-state index in [2.05, 4.69) is 9.47 Å². The molecule has 3 nitrogen and oxygen atoms in total. The summed E-state index contributed by atoms with van der Waals surface area (Å²) in [6, 6.07) is 2.22. The van der Waals surface area contributed by atoms with Gasteiger partial charge in [0.2, 0.25) is 0 Å². The zero-order valence-corrected chi connectivity index (χ0v) is 8.79. The number of methoxy groups -OCH3 is 2. The molecule has 0 spiro atoms. The standard InChI is InChI=1S/C11H10F2O3/c1-15-9-5-4-8(12)7(11(9)13)3-6-10(14)16-2/h3-6H,1-2H3. The van der Waals surface area contributed by atoms with Crippen LogP contribution in [-0.2, 0) is 9.53 Å². The molecule has 0 fully saturated rings. The number of carbonyl (C=O) groups excluding carboxylic acids is 1. The van der Waals surface area contributed by atoms with Crippen molar-refractivity contribution in [2.24, 2.45) is 0 Å². The Labute approximate surface area is 91.3 Å². The van der Waals surface area contributed by atoms with Gasteiger partial charge in [0.15, 0.2) is 11.6 Å². The van der Waals surface area contributed by atoms with Gasteiger partial charge in [-0.05, 0) is 18.2 Å². The molecule has 0 radical (unpaired) electrons. The van der Waals surface area contributed by atoms with Gasteiger partial charge in [-0.15, -0.1) is 0 Å². The smallest absolute Gasteiger partial charge is 0.330 e. The molecule has 0 aliphatic rings. The van der Waals surface area contributed by atoms with Crippen molar-refractivity contribution in [3.8, 4) is 5.75 Å². The van der Waals surface area contributed by atoms with Crippen molar-refractivity contribution in [3.63, 3.8) is 0 Å². The Kier molecular flexibility index (Phi) is 3.99. The highest BCUT2D eigenvalue weighted by molar-refractivity contribution is 5.87. The number of hydrogen-bond donors (Lipinski definition) is 0. The minimum absolute atomic E-state index is 0.0917. The first kappa shape index (κ1) is 12.2. The lowest BCUT2D eigenvalue weighted by Crippen LogP contribution is -1.97. The fraction of sp³-hybridized carbons (Fsp3) is 0.182. The minimum Gasteiger partial charge on any atom is -0.494 e. The van der Waals surface area contributed by atoms with Crippen LogP contribution >= 0.6 is 0 Å². The number of hydrogen-bond acceptors (Lipinski definition) is 3. The summed E-state index contributed by atoms with van der Waals surface area (Å²) in [4.78, 5) is 10.8. The molecule has 1 aromatic carbocycles. The van der Waals surface area contributed by atoms with E-state index >= 15 is 0 Å². The van der Waals surface area contributed by atoms with Crippen molar-refractivity contribution in [3.05, 3.63) is 35.4 Å². The molecule has 1 aromatic rings. The third-order valence-electron chi connectivity index (χ3n) is 1.90. The molecular weight excluding hydrogens is 218 g/mol. The molecule has 0 bridgehead atoms. The van der Waals surface area contributed by atoms with E-state index in [-0.39, 0.29) is 11.3 Å². The second-order valence-electron chi connectivity index (χ2n) is 2.83. The molecule has 16 heavy (non-hydrogen) atoms. The van der Waals surface area contributed by atoms with Gasteiger partial charge in [0.25, 0.3) is 0 Å². The maximum Gasteiger partial charge on any atom is 0.330 e. The van der Waals surface area contributed by atoms with E-state index in [9.17, 15) is 13.6 Å². The van der Waals surface area contributed by atoms with Crippen molar-refractivity contribution >= 4 is 12.0 Å².